The lowest BCUT2D eigenvalue weighted by atomic mass is 10.0. The molecule has 0 N–H and O–H groups in total. The number of alkyl halides is 4. The predicted octanol–water partition coefficient (Wildman–Crippen LogP) is 4.45. The van der Waals surface area contributed by atoms with Gasteiger partial charge in [0, 0.05) is 24.7 Å². The predicted molar refractivity (Wildman–Crippen MR) is 77.8 cm³/mol. The molecular formula is C15H19ClF3NO. The standard InChI is InChI=1S/C15H19ClF3NO/c1-10-8-20(9-14(2,3)21-10)13-5-4-11(7-16)6-12(13)15(17,18)19/h4-6,10H,7-9H2,1-3H3. The highest BCUT2D eigenvalue weighted by Gasteiger charge is 2.38. The van der Waals surface area contributed by atoms with E-state index in [1.165, 1.54) is 6.07 Å². The maximum atomic E-state index is 13.3. The Balaban J connectivity index is 2.43. The van der Waals surface area contributed by atoms with Crippen LogP contribution >= 0.6 is 11.6 Å². The summed E-state index contributed by atoms with van der Waals surface area (Å²) in [6.07, 6.45) is -4.52. The average molecular weight is 322 g/mol. The van der Waals surface area contributed by atoms with Crippen LogP contribution in [0, 0.1) is 0 Å². The van der Waals surface area contributed by atoms with Gasteiger partial charge in [0.25, 0.3) is 0 Å². The van der Waals surface area contributed by atoms with Crippen LogP contribution in [0.25, 0.3) is 0 Å². The smallest absolute Gasteiger partial charge is 0.369 e. The maximum absolute atomic E-state index is 13.3. The number of ether oxygens (including phenoxy) is 1. The van der Waals surface area contributed by atoms with Gasteiger partial charge in [-0.1, -0.05) is 6.07 Å². The number of halogens is 4. The van der Waals surface area contributed by atoms with Crippen LogP contribution in [0.1, 0.15) is 31.9 Å². The van der Waals surface area contributed by atoms with Crippen LogP contribution in [-0.2, 0) is 16.8 Å². The third kappa shape index (κ3) is 3.83. The van der Waals surface area contributed by atoms with Gasteiger partial charge in [0.1, 0.15) is 0 Å². The second-order valence-corrected chi connectivity index (χ2v) is 6.32. The molecule has 1 aliphatic rings. The van der Waals surface area contributed by atoms with Gasteiger partial charge >= 0.3 is 6.18 Å². The number of nitrogens with zero attached hydrogens (tertiary/aromatic N) is 1. The number of benzene rings is 1. The van der Waals surface area contributed by atoms with Crippen molar-refractivity contribution in [2.24, 2.45) is 0 Å². The Labute approximate surface area is 127 Å². The molecule has 1 atom stereocenters. The lowest BCUT2D eigenvalue weighted by molar-refractivity contribution is -0.137. The molecule has 6 heteroatoms. The first-order chi connectivity index (χ1) is 9.62. The van der Waals surface area contributed by atoms with Gasteiger partial charge in [0.05, 0.1) is 17.3 Å². The molecule has 1 heterocycles. The molecule has 0 amide bonds. The van der Waals surface area contributed by atoms with Crippen LogP contribution in [0.3, 0.4) is 0 Å². The topological polar surface area (TPSA) is 12.5 Å². The first kappa shape index (κ1) is 16.4. The summed E-state index contributed by atoms with van der Waals surface area (Å²) in [5.74, 6) is 0.0639. The number of anilines is 1. The molecule has 0 radical (unpaired) electrons. The molecule has 118 valence electrons. The first-order valence-corrected chi connectivity index (χ1v) is 7.35. The van der Waals surface area contributed by atoms with Gasteiger partial charge in [-0.25, -0.2) is 0 Å². The van der Waals surface area contributed by atoms with Crippen LogP contribution < -0.4 is 4.90 Å². The van der Waals surface area contributed by atoms with E-state index in [4.69, 9.17) is 16.3 Å². The molecule has 21 heavy (non-hydrogen) atoms. The van der Waals surface area contributed by atoms with E-state index >= 15 is 0 Å². The zero-order valence-corrected chi connectivity index (χ0v) is 13.1. The van der Waals surface area contributed by atoms with E-state index in [0.717, 1.165) is 6.07 Å². The lowest BCUT2D eigenvalue weighted by Crippen LogP contribution is -2.52. The highest BCUT2D eigenvalue weighted by Crippen LogP contribution is 2.39. The Kier molecular flexibility index (Phi) is 4.45. The van der Waals surface area contributed by atoms with Crippen molar-refractivity contribution in [3.8, 4) is 0 Å². The summed E-state index contributed by atoms with van der Waals surface area (Å²) >= 11 is 5.65. The van der Waals surface area contributed by atoms with Gasteiger partial charge in [-0.3, -0.25) is 0 Å². The second kappa shape index (κ2) is 5.69. The highest BCUT2D eigenvalue weighted by atomic mass is 35.5. The van der Waals surface area contributed by atoms with Crippen LogP contribution in [0.4, 0.5) is 18.9 Å². The Morgan fingerprint density at radius 1 is 1.38 bits per heavy atom. The number of rotatable bonds is 2. The molecule has 2 nitrogen and oxygen atoms in total. The molecule has 1 aromatic carbocycles. The SMILES string of the molecule is CC1CN(c2ccc(CCl)cc2C(F)(F)F)CC(C)(C)O1. The zero-order chi connectivity index (χ0) is 15.8. The second-order valence-electron chi connectivity index (χ2n) is 6.05. The highest BCUT2D eigenvalue weighted by molar-refractivity contribution is 6.17. The van der Waals surface area contributed by atoms with Crippen LogP contribution in [0.5, 0.6) is 0 Å². The Morgan fingerprint density at radius 2 is 2.05 bits per heavy atom. The van der Waals surface area contributed by atoms with E-state index in [0.29, 0.717) is 18.7 Å². The number of hydrogen-bond donors (Lipinski definition) is 0. The van der Waals surface area contributed by atoms with Crippen molar-refractivity contribution in [3.05, 3.63) is 29.3 Å². The molecular weight excluding hydrogens is 303 g/mol. The fourth-order valence-electron chi connectivity index (χ4n) is 2.81. The summed E-state index contributed by atoms with van der Waals surface area (Å²) in [7, 11) is 0. The third-order valence-electron chi connectivity index (χ3n) is 3.43. The van der Waals surface area contributed by atoms with E-state index in [1.807, 2.05) is 20.8 Å². The van der Waals surface area contributed by atoms with E-state index < -0.39 is 17.3 Å². The van der Waals surface area contributed by atoms with Crippen molar-refractivity contribution >= 4 is 17.3 Å². The molecule has 1 aromatic rings. The minimum Gasteiger partial charge on any atom is -0.369 e. The molecule has 2 rings (SSSR count). The monoisotopic (exact) mass is 321 g/mol. The molecule has 0 spiro atoms. The Hall–Kier alpha value is -0.940. The van der Waals surface area contributed by atoms with Gasteiger partial charge in [0.15, 0.2) is 0 Å². The normalized spacial score (nSPS) is 22.4. The van der Waals surface area contributed by atoms with E-state index in [9.17, 15) is 13.2 Å². The van der Waals surface area contributed by atoms with Crippen molar-refractivity contribution in [1.29, 1.82) is 0 Å². The molecule has 1 unspecified atom stereocenters. The number of morpholine rings is 1. The van der Waals surface area contributed by atoms with Crippen LogP contribution in [0.2, 0.25) is 0 Å². The summed E-state index contributed by atoms with van der Waals surface area (Å²) in [4.78, 5) is 1.75. The maximum Gasteiger partial charge on any atom is 0.418 e. The molecule has 1 aliphatic heterocycles. The molecule has 1 fully saturated rings. The van der Waals surface area contributed by atoms with Gasteiger partial charge in [-0.15, -0.1) is 11.6 Å². The Bertz CT molecular complexity index is 516. The van der Waals surface area contributed by atoms with Gasteiger partial charge in [0.2, 0.25) is 0 Å². The largest absolute Gasteiger partial charge is 0.418 e. The summed E-state index contributed by atoms with van der Waals surface area (Å²) in [5, 5.41) is 0. The summed E-state index contributed by atoms with van der Waals surface area (Å²) in [5.41, 5.74) is -0.454. The molecule has 1 saturated heterocycles. The average Bonchev–Trinajstić information content (AvgIpc) is 2.34. The van der Waals surface area contributed by atoms with Crippen molar-refractivity contribution < 1.29 is 17.9 Å². The lowest BCUT2D eigenvalue weighted by Gasteiger charge is -2.43. The quantitative estimate of drug-likeness (QED) is 0.746. The first-order valence-electron chi connectivity index (χ1n) is 6.81. The zero-order valence-electron chi connectivity index (χ0n) is 12.3. The van der Waals surface area contributed by atoms with E-state index in [-0.39, 0.29) is 17.7 Å². The molecule has 0 aromatic heterocycles. The van der Waals surface area contributed by atoms with Crippen LogP contribution in [-0.4, -0.2) is 24.8 Å². The van der Waals surface area contributed by atoms with Crippen molar-refractivity contribution in [1.82, 2.24) is 0 Å². The fourth-order valence-corrected chi connectivity index (χ4v) is 2.97. The number of hydrogen-bond acceptors (Lipinski definition) is 2. The minimum atomic E-state index is -4.40. The Morgan fingerprint density at radius 3 is 2.57 bits per heavy atom. The van der Waals surface area contributed by atoms with Crippen molar-refractivity contribution in [2.45, 2.75) is 44.5 Å². The summed E-state index contributed by atoms with van der Waals surface area (Å²) in [6.45, 7) is 6.49. The van der Waals surface area contributed by atoms with Gasteiger partial charge in [-0.05, 0) is 38.5 Å². The molecule has 0 aliphatic carbocycles. The van der Waals surface area contributed by atoms with Crippen molar-refractivity contribution in [2.75, 3.05) is 18.0 Å². The van der Waals surface area contributed by atoms with E-state index in [2.05, 4.69) is 0 Å². The molecule has 0 saturated carbocycles. The minimum absolute atomic E-state index is 0.0639. The fraction of sp³-hybridized carbons (Fsp3) is 0.600. The van der Waals surface area contributed by atoms with Crippen LogP contribution in [0.15, 0.2) is 18.2 Å². The molecule has 0 bridgehead atoms. The van der Waals surface area contributed by atoms with Gasteiger partial charge < -0.3 is 9.64 Å². The van der Waals surface area contributed by atoms with Gasteiger partial charge in [-0.2, -0.15) is 13.2 Å². The summed E-state index contributed by atoms with van der Waals surface area (Å²) in [6, 6.07) is 4.29. The third-order valence-corrected chi connectivity index (χ3v) is 3.74. The summed E-state index contributed by atoms with van der Waals surface area (Å²) < 4.78 is 45.7. The van der Waals surface area contributed by atoms with E-state index in [1.54, 1.807) is 11.0 Å². The van der Waals surface area contributed by atoms with Crippen molar-refractivity contribution in [3.63, 3.8) is 0 Å².